The van der Waals surface area contributed by atoms with Crippen LogP contribution in [0.25, 0.3) is 0 Å². The third kappa shape index (κ3) is 3.98. The average molecular weight is 475 g/mol. The lowest BCUT2D eigenvalue weighted by atomic mass is 9.82. The molecule has 2 fully saturated rings. The molecule has 3 aromatic rings. The fourth-order valence-electron chi connectivity index (χ4n) is 5.34. The number of pyridine rings is 1. The molecule has 2 aromatic carbocycles. The zero-order chi connectivity index (χ0) is 24.7. The molecule has 2 aliphatic heterocycles. The lowest BCUT2D eigenvalue weighted by molar-refractivity contribution is -0.131. The van der Waals surface area contributed by atoms with Gasteiger partial charge in [-0.1, -0.05) is 18.2 Å². The third-order valence-electron chi connectivity index (χ3n) is 7.22. The molecule has 3 heterocycles. The van der Waals surface area contributed by atoms with Gasteiger partial charge in [0.05, 0.1) is 26.3 Å². The lowest BCUT2D eigenvalue weighted by Crippen LogP contribution is -2.41. The summed E-state index contributed by atoms with van der Waals surface area (Å²) in [5.41, 5.74) is 11.3. The topological polar surface area (TPSA) is 96.0 Å². The van der Waals surface area contributed by atoms with Gasteiger partial charge in [-0.05, 0) is 60.4 Å². The van der Waals surface area contributed by atoms with E-state index < -0.39 is 6.04 Å². The molecule has 182 valence electrons. The highest BCUT2D eigenvalue weighted by atomic mass is 16.5. The molecular weight excluding hydrogens is 444 g/mol. The van der Waals surface area contributed by atoms with Gasteiger partial charge in [-0.3, -0.25) is 9.78 Å². The van der Waals surface area contributed by atoms with Crippen molar-refractivity contribution in [3.8, 4) is 17.2 Å². The highest BCUT2D eigenvalue weighted by Gasteiger charge is 2.56. The second-order valence-corrected chi connectivity index (χ2v) is 9.20. The van der Waals surface area contributed by atoms with Crippen molar-refractivity contribution in [2.45, 2.75) is 38.5 Å². The number of benzene rings is 2. The molecule has 0 spiro atoms. The fraction of sp³-hybridized carbons (Fsp3) is 0.333. The third-order valence-corrected chi connectivity index (χ3v) is 7.22. The van der Waals surface area contributed by atoms with Gasteiger partial charge >= 0.3 is 0 Å². The predicted molar refractivity (Wildman–Crippen MR) is 131 cm³/mol. The highest BCUT2D eigenvalue weighted by molar-refractivity contribution is 5.86. The van der Waals surface area contributed by atoms with E-state index in [1.807, 2.05) is 55.1 Å². The number of carbonyl (C=O) groups is 1. The summed E-state index contributed by atoms with van der Waals surface area (Å²) in [7, 11) is 3.21. The summed E-state index contributed by atoms with van der Waals surface area (Å²) < 4.78 is 11.0. The van der Waals surface area contributed by atoms with Crippen LogP contribution in [0.2, 0.25) is 0 Å². The van der Waals surface area contributed by atoms with Crippen LogP contribution in [0, 0.1) is 19.8 Å². The number of methoxy groups -OCH3 is 2. The summed E-state index contributed by atoms with van der Waals surface area (Å²) in [4.78, 5) is 19.8. The van der Waals surface area contributed by atoms with Crippen LogP contribution in [-0.4, -0.2) is 41.2 Å². The number of phenolic OH excluding ortho intramolecular Hbond substituents is 1. The van der Waals surface area contributed by atoms with Gasteiger partial charge in [0, 0.05) is 30.4 Å². The van der Waals surface area contributed by atoms with Gasteiger partial charge in [0.1, 0.15) is 11.8 Å². The number of nitrogens with one attached hydrogen (secondary N) is 2. The smallest absolute Gasteiger partial charge is 0.242 e. The molecule has 2 saturated heterocycles. The van der Waals surface area contributed by atoms with Crippen LogP contribution >= 0.6 is 0 Å². The Morgan fingerprint density at radius 2 is 1.74 bits per heavy atom. The van der Waals surface area contributed by atoms with Crippen LogP contribution in [0.3, 0.4) is 0 Å². The quantitative estimate of drug-likeness (QED) is 0.504. The Balaban J connectivity index is 1.62. The van der Waals surface area contributed by atoms with E-state index in [0.29, 0.717) is 18.0 Å². The Hall–Kier alpha value is -3.62. The molecular formula is C27H30N4O4. The molecule has 1 amide bonds. The number of hydrogen-bond donors (Lipinski definition) is 3. The minimum absolute atomic E-state index is 0.00281. The number of fused-ring (bicyclic) bond motifs is 1. The van der Waals surface area contributed by atoms with Gasteiger partial charge in [-0.2, -0.15) is 0 Å². The Morgan fingerprint density at radius 1 is 1.00 bits per heavy atom. The van der Waals surface area contributed by atoms with Crippen LogP contribution in [0.15, 0.2) is 54.9 Å². The number of aromatic nitrogens is 1. The zero-order valence-corrected chi connectivity index (χ0v) is 20.3. The Labute approximate surface area is 204 Å². The molecule has 5 rings (SSSR count). The summed E-state index contributed by atoms with van der Waals surface area (Å²) in [6, 6.07) is 12.4. The first kappa shape index (κ1) is 23.1. The van der Waals surface area contributed by atoms with E-state index in [-0.39, 0.29) is 29.7 Å². The van der Waals surface area contributed by atoms with Gasteiger partial charge in [0.15, 0.2) is 11.5 Å². The number of aryl methyl sites for hydroxylation is 2. The van der Waals surface area contributed by atoms with E-state index >= 15 is 0 Å². The van der Waals surface area contributed by atoms with E-state index in [0.717, 1.165) is 27.8 Å². The molecule has 4 atom stereocenters. The van der Waals surface area contributed by atoms with Gasteiger partial charge in [-0.15, -0.1) is 0 Å². The minimum Gasteiger partial charge on any atom is -0.508 e. The number of nitrogens with zero attached hydrogens (tertiary/aromatic N) is 2. The van der Waals surface area contributed by atoms with E-state index in [9.17, 15) is 9.90 Å². The maximum Gasteiger partial charge on any atom is 0.242 e. The van der Waals surface area contributed by atoms with Crippen molar-refractivity contribution in [2.24, 2.45) is 5.92 Å². The van der Waals surface area contributed by atoms with Crippen LogP contribution in [0.1, 0.15) is 39.9 Å². The zero-order valence-electron chi connectivity index (χ0n) is 20.3. The van der Waals surface area contributed by atoms with Crippen molar-refractivity contribution < 1.29 is 19.4 Å². The van der Waals surface area contributed by atoms with Gasteiger partial charge in [0.25, 0.3) is 0 Å². The van der Waals surface area contributed by atoms with Crippen molar-refractivity contribution in [3.63, 3.8) is 0 Å². The lowest BCUT2D eigenvalue weighted by Gasteiger charge is -2.32. The summed E-state index contributed by atoms with van der Waals surface area (Å²) in [5, 5.41) is 10.9. The fourth-order valence-corrected chi connectivity index (χ4v) is 5.34. The van der Waals surface area contributed by atoms with Crippen LogP contribution < -0.4 is 20.3 Å². The molecule has 3 N–H and O–H groups in total. The molecule has 0 aliphatic carbocycles. The van der Waals surface area contributed by atoms with E-state index in [2.05, 4.69) is 15.8 Å². The number of amides is 1. The first-order valence-corrected chi connectivity index (χ1v) is 11.7. The standard InChI is InChI=1S/C27H30N4O4/c1-15-10-19(20(32)11-16(15)2)24-23-25(30-29-24)27(33)31(14-17-6-5-9-28-13-17)26(23)18-7-8-21(34-3)22(12-18)35-4/h5-13,23-26,29-30,32H,14H2,1-4H3. The summed E-state index contributed by atoms with van der Waals surface area (Å²) in [6.07, 6.45) is 3.51. The van der Waals surface area contributed by atoms with Crippen LogP contribution in [-0.2, 0) is 11.3 Å². The normalized spacial score (nSPS) is 23.4. The molecule has 0 radical (unpaired) electrons. The Kier molecular flexibility index (Phi) is 6.08. The molecule has 0 bridgehead atoms. The van der Waals surface area contributed by atoms with Crippen molar-refractivity contribution in [3.05, 3.63) is 82.7 Å². The maximum atomic E-state index is 13.7. The predicted octanol–water partition coefficient (Wildman–Crippen LogP) is 3.34. The Morgan fingerprint density at radius 3 is 2.46 bits per heavy atom. The molecule has 8 nitrogen and oxygen atoms in total. The van der Waals surface area contributed by atoms with Crippen LogP contribution in [0.5, 0.6) is 17.2 Å². The number of likely N-dealkylation sites (tertiary alicyclic amines) is 1. The number of ether oxygens (including phenoxy) is 2. The molecule has 2 aliphatic rings. The Bertz CT molecular complexity index is 1250. The van der Waals surface area contributed by atoms with E-state index in [4.69, 9.17) is 9.47 Å². The van der Waals surface area contributed by atoms with Crippen molar-refractivity contribution >= 4 is 5.91 Å². The maximum absolute atomic E-state index is 13.7. The number of rotatable bonds is 6. The first-order valence-electron chi connectivity index (χ1n) is 11.7. The van der Waals surface area contributed by atoms with E-state index in [1.165, 1.54) is 0 Å². The van der Waals surface area contributed by atoms with Crippen LogP contribution in [0.4, 0.5) is 0 Å². The summed E-state index contributed by atoms with van der Waals surface area (Å²) >= 11 is 0. The number of hydrazine groups is 1. The van der Waals surface area contributed by atoms with Gasteiger partial charge in [-0.25, -0.2) is 10.9 Å². The monoisotopic (exact) mass is 474 g/mol. The summed E-state index contributed by atoms with van der Waals surface area (Å²) in [6.45, 7) is 4.42. The average Bonchev–Trinajstić information content (AvgIpc) is 3.40. The van der Waals surface area contributed by atoms with Crippen molar-refractivity contribution in [1.29, 1.82) is 0 Å². The number of aromatic hydroxyl groups is 1. The minimum atomic E-state index is -0.448. The first-order chi connectivity index (χ1) is 16.9. The van der Waals surface area contributed by atoms with Gasteiger partial charge in [0.2, 0.25) is 5.91 Å². The molecule has 1 aromatic heterocycles. The van der Waals surface area contributed by atoms with Gasteiger partial charge < -0.3 is 19.5 Å². The molecule has 8 heteroatoms. The highest BCUT2D eigenvalue weighted by Crippen LogP contribution is 2.50. The molecule has 0 saturated carbocycles. The number of hydrogen-bond acceptors (Lipinski definition) is 7. The molecule has 4 unspecified atom stereocenters. The second kappa shape index (κ2) is 9.20. The summed E-state index contributed by atoms with van der Waals surface area (Å²) in [5.74, 6) is 1.27. The SMILES string of the molecule is COc1ccc(C2C3C(NNC3c3cc(C)c(C)cc3O)C(=O)N2Cc2cccnc2)cc1OC. The number of phenols is 1. The van der Waals surface area contributed by atoms with Crippen molar-refractivity contribution in [1.82, 2.24) is 20.7 Å². The van der Waals surface area contributed by atoms with Crippen molar-refractivity contribution in [2.75, 3.05) is 14.2 Å². The number of carbonyl (C=O) groups excluding carboxylic acids is 1. The second-order valence-electron chi connectivity index (χ2n) is 9.20. The van der Waals surface area contributed by atoms with E-state index in [1.54, 1.807) is 32.7 Å². The molecule has 35 heavy (non-hydrogen) atoms. The largest absolute Gasteiger partial charge is 0.508 e.